The lowest BCUT2D eigenvalue weighted by molar-refractivity contribution is 0.0995. The molecule has 22 heavy (non-hydrogen) atoms. The molecule has 1 heterocycles. The van der Waals surface area contributed by atoms with Crippen molar-refractivity contribution in [2.45, 2.75) is 31.8 Å². The molecule has 0 saturated carbocycles. The van der Waals surface area contributed by atoms with Crippen molar-refractivity contribution < 1.29 is 19.1 Å². The summed E-state index contributed by atoms with van der Waals surface area (Å²) in [6.45, 7) is 3.45. The first kappa shape index (κ1) is 16.6. The summed E-state index contributed by atoms with van der Waals surface area (Å²) in [6.07, 6.45) is 0.472. The van der Waals surface area contributed by atoms with Crippen molar-refractivity contribution in [1.82, 2.24) is 4.98 Å². The van der Waals surface area contributed by atoms with Gasteiger partial charge < -0.3 is 15.5 Å². The summed E-state index contributed by atoms with van der Waals surface area (Å²) in [6, 6.07) is 8.38. The van der Waals surface area contributed by atoms with Crippen LogP contribution in [0.15, 0.2) is 30.3 Å². The summed E-state index contributed by atoms with van der Waals surface area (Å²) < 4.78 is 12.2. The highest BCUT2D eigenvalue weighted by Gasteiger charge is 2.46. The smallest absolute Gasteiger partial charge is 0.335 e. The number of pyridine rings is 1. The topological polar surface area (TPSA) is 114 Å². The number of para-hydroxylation sites is 1. The number of nitrogens with zero attached hydrogens (tertiary/aromatic N) is 1. The molecular formula is C15H19N2O4P. The van der Waals surface area contributed by atoms with Crippen LogP contribution in [0.1, 0.15) is 42.7 Å². The first-order valence-electron chi connectivity index (χ1n) is 7.02. The zero-order chi connectivity index (χ0) is 16.5. The van der Waals surface area contributed by atoms with Gasteiger partial charge in [-0.3, -0.25) is 9.36 Å². The van der Waals surface area contributed by atoms with E-state index in [1.54, 1.807) is 38.1 Å². The molecule has 6 nitrogen and oxygen atoms in total. The zero-order valence-electron chi connectivity index (χ0n) is 12.5. The van der Waals surface area contributed by atoms with E-state index in [0.717, 1.165) is 0 Å². The van der Waals surface area contributed by atoms with Crippen LogP contribution < -0.4 is 5.73 Å². The van der Waals surface area contributed by atoms with Gasteiger partial charge in [-0.25, -0.2) is 4.98 Å². The molecule has 0 unspecified atom stereocenters. The quantitative estimate of drug-likeness (QED) is 0.732. The molecule has 7 heteroatoms. The number of amides is 1. The molecule has 1 aromatic heterocycles. The van der Waals surface area contributed by atoms with Crippen LogP contribution in [0, 0.1) is 0 Å². The Bertz CT molecular complexity index is 765. The maximum absolute atomic E-state index is 12.2. The fourth-order valence-corrected chi connectivity index (χ4v) is 4.21. The van der Waals surface area contributed by atoms with Gasteiger partial charge in [0.2, 0.25) is 0 Å². The minimum absolute atomic E-state index is 0.00780. The van der Waals surface area contributed by atoms with Crippen LogP contribution in [-0.2, 0) is 9.72 Å². The van der Waals surface area contributed by atoms with Gasteiger partial charge in [0.25, 0.3) is 5.91 Å². The van der Waals surface area contributed by atoms with E-state index in [1.165, 1.54) is 6.07 Å². The number of primary amides is 1. The Morgan fingerprint density at radius 1 is 1.27 bits per heavy atom. The van der Waals surface area contributed by atoms with E-state index in [4.69, 9.17) is 5.73 Å². The van der Waals surface area contributed by atoms with Crippen LogP contribution in [0.2, 0.25) is 0 Å². The second-order valence-electron chi connectivity index (χ2n) is 5.22. The minimum atomic E-state index is -4.46. The highest BCUT2D eigenvalue weighted by atomic mass is 31.2. The van der Waals surface area contributed by atoms with E-state index in [0.29, 0.717) is 16.5 Å². The molecule has 2 aromatic rings. The molecule has 0 bridgehead atoms. The molecule has 0 aliphatic rings. The van der Waals surface area contributed by atoms with Gasteiger partial charge in [0.05, 0.1) is 10.7 Å². The van der Waals surface area contributed by atoms with Gasteiger partial charge in [0.15, 0.2) is 0 Å². The standard InChI is InChI=1S/C15H19N2O4P/c1-3-15(4-2,22(19,20)21)11-9-13(14(16)18)17-12-8-6-5-7-10(11)12/h5-9H,3-4H2,1-2H3,(H2,16,18)(H2,19,20,21). The highest BCUT2D eigenvalue weighted by molar-refractivity contribution is 7.53. The molecular weight excluding hydrogens is 303 g/mol. The van der Waals surface area contributed by atoms with Crippen LogP contribution in [-0.4, -0.2) is 20.7 Å². The van der Waals surface area contributed by atoms with Gasteiger partial charge in [-0.1, -0.05) is 32.0 Å². The van der Waals surface area contributed by atoms with Crippen LogP contribution in [0.4, 0.5) is 0 Å². The van der Waals surface area contributed by atoms with Crippen molar-refractivity contribution in [3.63, 3.8) is 0 Å². The minimum Gasteiger partial charge on any atom is -0.364 e. The van der Waals surface area contributed by atoms with Gasteiger partial charge in [0, 0.05) is 5.39 Å². The number of carbonyl (C=O) groups is 1. The summed E-state index contributed by atoms with van der Waals surface area (Å²) in [7, 11) is -4.46. The molecule has 1 aromatic carbocycles. The predicted molar refractivity (Wildman–Crippen MR) is 84.6 cm³/mol. The number of carbonyl (C=O) groups excluding carboxylic acids is 1. The first-order chi connectivity index (χ1) is 10.3. The van der Waals surface area contributed by atoms with Crippen molar-refractivity contribution in [3.05, 3.63) is 41.6 Å². The Hall–Kier alpha value is -1.75. The Morgan fingerprint density at radius 2 is 1.86 bits per heavy atom. The Morgan fingerprint density at radius 3 is 2.36 bits per heavy atom. The predicted octanol–water partition coefficient (Wildman–Crippen LogP) is 2.53. The molecule has 0 radical (unpaired) electrons. The van der Waals surface area contributed by atoms with E-state index in [1.807, 2.05) is 0 Å². The summed E-state index contributed by atoms with van der Waals surface area (Å²) in [4.78, 5) is 35.6. The number of rotatable bonds is 5. The molecule has 0 atom stereocenters. The molecule has 0 saturated heterocycles. The average molecular weight is 322 g/mol. The lowest BCUT2D eigenvalue weighted by atomic mass is 9.89. The molecule has 0 aliphatic heterocycles. The number of hydrogen-bond donors (Lipinski definition) is 3. The molecule has 1 amide bonds. The fourth-order valence-electron chi connectivity index (χ4n) is 2.89. The van der Waals surface area contributed by atoms with Crippen molar-refractivity contribution in [1.29, 1.82) is 0 Å². The molecule has 118 valence electrons. The van der Waals surface area contributed by atoms with Crippen molar-refractivity contribution >= 4 is 24.4 Å². The van der Waals surface area contributed by atoms with Gasteiger partial charge in [-0.2, -0.15) is 0 Å². The third kappa shape index (κ3) is 2.54. The van der Waals surface area contributed by atoms with Crippen LogP contribution >= 0.6 is 7.60 Å². The highest BCUT2D eigenvalue weighted by Crippen LogP contribution is 2.61. The largest absolute Gasteiger partial charge is 0.364 e. The normalized spacial score (nSPS) is 12.5. The van der Waals surface area contributed by atoms with Gasteiger partial charge >= 0.3 is 7.60 Å². The molecule has 0 aliphatic carbocycles. The zero-order valence-corrected chi connectivity index (χ0v) is 13.4. The number of fused-ring (bicyclic) bond motifs is 1. The average Bonchev–Trinajstić information content (AvgIpc) is 2.47. The van der Waals surface area contributed by atoms with Crippen LogP contribution in [0.25, 0.3) is 10.9 Å². The Labute approximate surface area is 128 Å². The SMILES string of the molecule is CCC(CC)(c1cc(C(N)=O)nc2ccccc12)P(=O)(O)O. The van der Waals surface area contributed by atoms with E-state index in [9.17, 15) is 19.1 Å². The molecule has 2 rings (SSSR count). The summed E-state index contributed by atoms with van der Waals surface area (Å²) in [5.74, 6) is -0.723. The third-order valence-electron chi connectivity index (χ3n) is 4.20. The summed E-state index contributed by atoms with van der Waals surface area (Å²) in [5.41, 5.74) is 6.24. The van der Waals surface area contributed by atoms with E-state index in [2.05, 4.69) is 4.98 Å². The van der Waals surface area contributed by atoms with E-state index >= 15 is 0 Å². The lowest BCUT2D eigenvalue weighted by Gasteiger charge is -2.34. The van der Waals surface area contributed by atoms with Crippen LogP contribution in [0.3, 0.4) is 0 Å². The van der Waals surface area contributed by atoms with E-state index < -0.39 is 18.7 Å². The van der Waals surface area contributed by atoms with Crippen LogP contribution in [0.5, 0.6) is 0 Å². The maximum atomic E-state index is 12.2. The van der Waals surface area contributed by atoms with E-state index in [-0.39, 0.29) is 18.5 Å². The molecule has 0 fully saturated rings. The molecule has 4 N–H and O–H groups in total. The Balaban J connectivity index is 2.93. The van der Waals surface area contributed by atoms with Gasteiger partial charge in [-0.15, -0.1) is 0 Å². The number of benzene rings is 1. The van der Waals surface area contributed by atoms with Gasteiger partial charge in [-0.05, 0) is 30.5 Å². The Kier molecular flexibility index (Phi) is 4.38. The first-order valence-corrected chi connectivity index (χ1v) is 8.63. The van der Waals surface area contributed by atoms with Crippen molar-refractivity contribution in [2.75, 3.05) is 0 Å². The van der Waals surface area contributed by atoms with Crippen molar-refractivity contribution in [2.24, 2.45) is 5.73 Å². The summed E-state index contributed by atoms with van der Waals surface area (Å²) >= 11 is 0. The summed E-state index contributed by atoms with van der Waals surface area (Å²) in [5, 5.41) is -0.737. The number of hydrogen-bond acceptors (Lipinski definition) is 3. The maximum Gasteiger partial charge on any atom is 0.335 e. The second-order valence-corrected chi connectivity index (χ2v) is 7.16. The molecule has 0 spiro atoms. The lowest BCUT2D eigenvalue weighted by Crippen LogP contribution is -2.26. The van der Waals surface area contributed by atoms with Crippen molar-refractivity contribution in [3.8, 4) is 0 Å². The number of nitrogens with two attached hydrogens (primary N) is 1. The monoisotopic (exact) mass is 322 g/mol. The third-order valence-corrected chi connectivity index (χ3v) is 6.19. The fraction of sp³-hybridized carbons (Fsp3) is 0.333. The second kappa shape index (κ2) is 5.80. The van der Waals surface area contributed by atoms with Gasteiger partial charge in [0.1, 0.15) is 5.69 Å². The number of aromatic nitrogens is 1.